The number of benzene rings is 1. The number of methoxy groups -OCH3 is 1. The first-order chi connectivity index (χ1) is 14.0. The summed E-state index contributed by atoms with van der Waals surface area (Å²) >= 11 is 7.96. The van der Waals surface area contributed by atoms with E-state index in [1.807, 2.05) is 6.92 Å². The lowest BCUT2D eigenvalue weighted by molar-refractivity contribution is -0.157. The molecule has 0 heterocycles. The number of carbonyl (C=O) groups is 2. The molecule has 0 radical (unpaired) electrons. The summed E-state index contributed by atoms with van der Waals surface area (Å²) in [6.45, 7) is 6.36. The van der Waals surface area contributed by atoms with E-state index in [1.54, 1.807) is 39.2 Å². The lowest BCUT2D eigenvalue weighted by atomic mass is 10.0. The molecule has 0 bridgehead atoms. The van der Waals surface area contributed by atoms with Gasteiger partial charge in [0.25, 0.3) is 0 Å². The SMILES string of the molecule is CCOC(=O)C(C(=O)OCC)C(CSCC)=Nc1cccc(OCCOC)c1Cl. The highest BCUT2D eigenvalue weighted by molar-refractivity contribution is 7.99. The number of halogens is 1. The van der Waals surface area contributed by atoms with E-state index in [4.69, 9.17) is 30.5 Å². The summed E-state index contributed by atoms with van der Waals surface area (Å²) in [6, 6.07) is 5.14. The second-order valence-corrected chi connectivity index (χ2v) is 7.26. The Labute approximate surface area is 181 Å². The van der Waals surface area contributed by atoms with E-state index in [-0.39, 0.29) is 18.2 Å². The zero-order valence-electron chi connectivity index (χ0n) is 17.2. The van der Waals surface area contributed by atoms with E-state index in [0.717, 1.165) is 5.75 Å². The first kappa shape index (κ1) is 25.3. The monoisotopic (exact) mass is 445 g/mol. The number of ether oxygens (including phenoxy) is 4. The van der Waals surface area contributed by atoms with Crippen molar-refractivity contribution in [1.29, 1.82) is 0 Å². The lowest BCUT2D eigenvalue weighted by Crippen LogP contribution is -2.36. The molecular formula is C20H28ClNO6S. The predicted octanol–water partition coefficient (Wildman–Crippen LogP) is 3.93. The molecule has 162 valence electrons. The van der Waals surface area contributed by atoms with Gasteiger partial charge in [-0.1, -0.05) is 24.6 Å². The first-order valence-electron chi connectivity index (χ1n) is 9.38. The molecule has 0 aromatic heterocycles. The number of nitrogens with zero attached hydrogens (tertiary/aromatic N) is 1. The minimum atomic E-state index is -1.25. The standard InChI is InChI=1S/C20H28ClNO6S/c1-5-26-19(23)17(20(24)27-6-2)15(13-29-7-3)22-14-9-8-10-16(18(14)21)28-12-11-25-4/h8-10,17H,5-7,11-13H2,1-4H3. The van der Waals surface area contributed by atoms with Gasteiger partial charge >= 0.3 is 11.9 Å². The molecule has 29 heavy (non-hydrogen) atoms. The molecule has 0 aliphatic rings. The van der Waals surface area contributed by atoms with Crippen LogP contribution in [0.2, 0.25) is 5.02 Å². The molecule has 0 unspecified atom stereocenters. The van der Waals surface area contributed by atoms with Gasteiger partial charge in [-0.2, -0.15) is 11.8 Å². The Kier molecular flexibility index (Phi) is 12.4. The Hall–Kier alpha value is -1.77. The number of rotatable bonds is 13. The lowest BCUT2D eigenvalue weighted by Gasteiger charge is -2.17. The van der Waals surface area contributed by atoms with Crippen molar-refractivity contribution < 1.29 is 28.5 Å². The number of thioether (sulfide) groups is 1. The average molecular weight is 446 g/mol. The fourth-order valence-electron chi connectivity index (χ4n) is 2.29. The Morgan fingerprint density at radius 1 is 1.10 bits per heavy atom. The summed E-state index contributed by atoms with van der Waals surface area (Å²) in [5.74, 6) is -1.05. The van der Waals surface area contributed by atoms with Gasteiger partial charge in [0.15, 0.2) is 5.92 Å². The molecule has 0 saturated carbocycles. The van der Waals surface area contributed by atoms with E-state index >= 15 is 0 Å². The van der Waals surface area contributed by atoms with Gasteiger partial charge in [-0.15, -0.1) is 0 Å². The van der Waals surface area contributed by atoms with Crippen LogP contribution in [0.4, 0.5) is 5.69 Å². The molecule has 0 atom stereocenters. The molecule has 9 heteroatoms. The van der Waals surface area contributed by atoms with Crippen LogP contribution < -0.4 is 4.74 Å². The number of hydrogen-bond acceptors (Lipinski definition) is 8. The van der Waals surface area contributed by atoms with Crippen LogP contribution in [0.1, 0.15) is 20.8 Å². The van der Waals surface area contributed by atoms with Crippen molar-refractivity contribution in [2.45, 2.75) is 20.8 Å². The van der Waals surface area contributed by atoms with Crippen molar-refractivity contribution in [3.05, 3.63) is 23.2 Å². The van der Waals surface area contributed by atoms with Crippen molar-refractivity contribution in [2.24, 2.45) is 10.9 Å². The quantitative estimate of drug-likeness (QED) is 0.197. The van der Waals surface area contributed by atoms with Crippen molar-refractivity contribution in [3.8, 4) is 5.75 Å². The van der Waals surface area contributed by atoms with Crippen molar-refractivity contribution >= 4 is 46.7 Å². The highest BCUT2D eigenvalue weighted by Crippen LogP contribution is 2.35. The van der Waals surface area contributed by atoms with Crippen LogP contribution in [0.3, 0.4) is 0 Å². The predicted molar refractivity (Wildman–Crippen MR) is 116 cm³/mol. The summed E-state index contributed by atoms with van der Waals surface area (Å²) in [5.41, 5.74) is 0.719. The Morgan fingerprint density at radius 3 is 2.31 bits per heavy atom. The van der Waals surface area contributed by atoms with E-state index in [9.17, 15) is 9.59 Å². The number of hydrogen-bond donors (Lipinski definition) is 0. The van der Waals surface area contributed by atoms with Crippen LogP contribution >= 0.6 is 23.4 Å². The number of esters is 2. The Morgan fingerprint density at radius 2 is 1.76 bits per heavy atom. The van der Waals surface area contributed by atoms with Gasteiger partial charge in [-0.3, -0.25) is 14.6 Å². The maximum atomic E-state index is 12.5. The van der Waals surface area contributed by atoms with Crippen LogP contribution in [-0.2, 0) is 23.8 Å². The van der Waals surface area contributed by atoms with Crippen molar-refractivity contribution in [2.75, 3.05) is 45.0 Å². The van der Waals surface area contributed by atoms with E-state index < -0.39 is 17.9 Å². The van der Waals surface area contributed by atoms with Crippen LogP contribution in [-0.4, -0.2) is 62.7 Å². The molecule has 1 aromatic rings. The van der Waals surface area contributed by atoms with E-state index in [0.29, 0.717) is 36.1 Å². The summed E-state index contributed by atoms with van der Waals surface area (Å²) in [6.07, 6.45) is 0. The zero-order chi connectivity index (χ0) is 21.6. The smallest absolute Gasteiger partial charge is 0.326 e. The summed E-state index contributed by atoms with van der Waals surface area (Å²) in [5, 5.41) is 0.286. The van der Waals surface area contributed by atoms with Crippen LogP contribution in [0.5, 0.6) is 5.75 Å². The van der Waals surface area contributed by atoms with Gasteiger partial charge in [0.2, 0.25) is 0 Å². The first-order valence-corrected chi connectivity index (χ1v) is 10.9. The minimum absolute atomic E-state index is 0.145. The van der Waals surface area contributed by atoms with Gasteiger partial charge in [-0.05, 0) is 31.7 Å². The van der Waals surface area contributed by atoms with Crippen LogP contribution in [0.15, 0.2) is 23.2 Å². The zero-order valence-corrected chi connectivity index (χ0v) is 18.8. The molecule has 0 saturated heterocycles. The Balaban J connectivity index is 3.32. The second-order valence-electron chi connectivity index (χ2n) is 5.61. The third-order valence-corrected chi connectivity index (χ3v) is 4.87. The second kappa shape index (κ2) is 14.3. The third-order valence-electron chi connectivity index (χ3n) is 3.58. The summed E-state index contributed by atoms with van der Waals surface area (Å²) < 4.78 is 20.7. The summed E-state index contributed by atoms with van der Waals surface area (Å²) in [7, 11) is 1.58. The third kappa shape index (κ3) is 8.24. The molecule has 0 aliphatic carbocycles. The topological polar surface area (TPSA) is 83.4 Å². The molecule has 1 aromatic carbocycles. The number of carbonyl (C=O) groups excluding carboxylic acids is 2. The molecule has 0 spiro atoms. The van der Waals surface area contributed by atoms with Gasteiger partial charge < -0.3 is 18.9 Å². The molecular weight excluding hydrogens is 418 g/mol. The molecule has 0 fully saturated rings. The maximum absolute atomic E-state index is 12.5. The van der Waals surface area contributed by atoms with Crippen LogP contribution in [0, 0.1) is 5.92 Å². The number of aliphatic imine (C=N–C) groups is 1. The molecule has 0 N–H and O–H groups in total. The van der Waals surface area contributed by atoms with E-state index in [2.05, 4.69) is 4.99 Å². The highest BCUT2D eigenvalue weighted by Gasteiger charge is 2.35. The largest absolute Gasteiger partial charge is 0.490 e. The van der Waals surface area contributed by atoms with E-state index in [1.165, 1.54) is 11.8 Å². The minimum Gasteiger partial charge on any atom is -0.490 e. The highest BCUT2D eigenvalue weighted by atomic mass is 35.5. The Bertz CT molecular complexity index is 680. The van der Waals surface area contributed by atoms with Crippen molar-refractivity contribution in [3.63, 3.8) is 0 Å². The normalized spacial score (nSPS) is 11.4. The maximum Gasteiger partial charge on any atom is 0.326 e. The fourth-order valence-corrected chi connectivity index (χ4v) is 3.16. The molecule has 0 aliphatic heterocycles. The molecule has 1 rings (SSSR count). The van der Waals surface area contributed by atoms with Gasteiger partial charge in [0, 0.05) is 12.9 Å². The average Bonchev–Trinajstić information content (AvgIpc) is 2.69. The summed E-state index contributed by atoms with van der Waals surface area (Å²) in [4.78, 5) is 29.5. The van der Waals surface area contributed by atoms with Gasteiger partial charge in [0.1, 0.15) is 17.4 Å². The van der Waals surface area contributed by atoms with Gasteiger partial charge in [-0.25, -0.2) is 0 Å². The van der Waals surface area contributed by atoms with Gasteiger partial charge in [0.05, 0.1) is 31.2 Å². The van der Waals surface area contributed by atoms with Crippen LogP contribution in [0.25, 0.3) is 0 Å². The molecule has 0 amide bonds. The fraction of sp³-hybridized carbons (Fsp3) is 0.550. The molecule has 7 nitrogen and oxygen atoms in total. The van der Waals surface area contributed by atoms with Crippen molar-refractivity contribution in [1.82, 2.24) is 0 Å².